The van der Waals surface area contributed by atoms with Gasteiger partial charge in [0, 0.05) is 18.4 Å². The van der Waals surface area contributed by atoms with E-state index in [4.69, 9.17) is 0 Å². The second kappa shape index (κ2) is 6.45. The summed E-state index contributed by atoms with van der Waals surface area (Å²) in [5.74, 6) is 1.59. The molecule has 0 aromatic carbocycles. The van der Waals surface area contributed by atoms with Crippen LogP contribution in [0, 0.1) is 23.2 Å². The van der Waals surface area contributed by atoms with E-state index in [1.165, 1.54) is 11.1 Å². The van der Waals surface area contributed by atoms with Gasteiger partial charge in [0.1, 0.15) is 0 Å². The number of carbonyl (C=O) groups excluding carboxylic acids is 1. The molecule has 4 aliphatic carbocycles. The summed E-state index contributed by atoms with van der Waals surface area (Å²) in [7, 11) is 0. The van der Waals surface area contributed by atoms with Crippen LogP contribution in [0.4, 0.5) is 0 Å². The molecule has 0 aliphatic heterocycles. The highest BCUT2D eigenvalue weighted by Gasteiger charge is 2.61. The summed E-state index contributed by atoms with van der Waals surface area (Å²) in [6.45, 7) is 6.58. The number of allylic oxidation sites excluding steroid dienone is 5. The van der Waals surface area contributed by atoms with Crippen molar-refractivity contribution in [2.45, 2.75) is 70.3 Å². The first-order valence-electron chi connectivity index (χ1n) is 10.4. The van der Waals surface area contributed by atoms with Gasteiger partial charge in [-0.05, 0) is 86.3 Å². The van der Waals surface area contributed by atoms with Crippen LogP contribution in [0.1, 0.15) is 64.7 Å². The summed E-state index contributed by atoms with van der Waals surface area (Å²) in [4.78, 5) is 11.9. The topological polar surface area (TPSA) is 57.5 Å². The van der Waals surface area contributed by atoms with Crippen molar-refractivity contribution in [2.75, 3.05) is 6.61 Å². The highest BCUT2D eigenvalue weighted by molar-refractivity contribution is 5.93. The molecule has 0 radical (unpaired) electrons. The number of hydrogen-bond donors (Lipinski definition) is 2. The van der Waals surface area contributed by atoms with Crippen molar-refractivity contribution in [3.63, 3.8) is 0 Å². The summed E-state index contributed by atoms with van der Waals surface area (Å²) < 4.78 is 0. The van der Waals surface area contributed by atoms with Crippen molar-refractivity contribution in [3.8, 4) is 0 Å². The van der Waals surface area contributed by atoms with Crippen LogP contribution in [0.5, 0.6) is 0 Å². The minimum atomic E-state index is -0.670. The van der Waals surface area contributed by atoms with E-state index >= 15 is 0 Å². The second-order valence-electron chi connectivity index (χ2n) is 9.18. The van der Waals surface area contributed by atoms with Crippen LogP contribution >= 0.6 is 0 Å². The summed E-state index contributed by atoms with van der Waals surface area (Å²) >= 11 is 0. The zero-order valence-corrected chi connectivity index (χ0v) is 16.0. The van der Waals surface area contributed by atoms with E-state index in [2.05, 4.69) is 19.6 Å². The van der Waals surface area contributed by atoms with E-state index in [0.717, 1.165) is 38.5 Å². The van der Waals surface area contributed by atoms with Crippen molar-refractivity contribution in [1.29, 1.82) is 0 Å². The molecule has 0 aromatic heterocycles. The predicted molar refractivity (Wildman–Crippen MR) is 102 cm³/mol. The van der Waals surface area contributed by atoms with Gasteiger partial charge in [-0.3, -0.25) is 4.79 Å². The Labute approximate surface area is 156 Å². The molecule has 4 aliphatic rings. The smallest absolute Gasteiger partial charge is 0.156 e. The van der Waals surface area contributed by atoms with Gasteiger partial charge in [-0.15, -0.1) is 6.58 Å². The molecule has 3 nitrogen and oxygen atoms in total. The van der Waals surface area contributed by atoms with Gasteiger partial charge in [0.05, 0.1) is 5.60 Å². The van der Waals surface area contributed by atoms with Crippen molar-refractivity contribution in [2.24, 2.45) is 23.2 Å². The molecule has 0 bridgehead atoms. The normalized spacial score (nSPS) is 42.0. The Morgan fingerprint density at radius 1 is 1.31 bits per heavy atom. The van der Waals surface area contributed by atoms with E-state index in [-0.39, 0.29) is 17.8 Å². The molecule has 0 heterocycles. The third kappa shape index (κ3) is 2.51. The first kappa shape index (κ1) is 18.2. The fourth-order valence-corrected chi connectivity index (χ4v) is 6.81. The van der Waals surface area contributed by atoms with Crippen LogP contribution in [-0.2, 0) is 4.79 Å². The Bertz CT molecular complexity index is 688. The summed E-state index contributed by atoms with van der Waals surface area (Å²) in [5.41, 5.74) is 3.48. The zero-order valence-electron chi connectivity index (χ0n) is 16.0. The number of hydrogen-bond acceptors (Lipinski definition) is 3. The maximum atomic E-state index is 11.9. The average molecular weight is 357 g/mol. The number of carbonyl (C=O) groups is 1. The highest BCUT2D eigenvalue weighted by Crippen LogP contribution is 2.65. The summed E-state index contributed by atoms with van der Waals surface area (Å²) in [6.07, 6.45) is 11.8. The van der Waals surface area contributed by atoms with Crippen LogP contribution in [-0.4, -0.2) is 28.2 Å². The molecule has 0 amide bonds. The van der Waals surface area contributed by atoms with Gasteiger partial charge >= 0.3 is 0 Å². The predicted octanol–water partition coefficient (Wildman–Crippen LogP) is 4.11. The monoisotopic (exact) mass is 356 g/mol. The molecule has 3 heteroatoms. The molecule has 5 atom stereocenters. The van der Waals surface area contributed by atoms with Gasteiger partial charge in [0.25, 0.3) is 0 Å². The Morgan fingerprint density at radius 2 is 2.12 bits per heavy atom. The third-order valence-corrected chi connectivity index (χ3v) is 8.13. The molecule has 0 saturated heterocycles. The van der Waals surface area contributed by atoms with Crippen molar-refractivity contribution >= 4 is 5.78 Å². The van der Waals surface area contributed by atoms with Crippen molar-refractivity contribution < 1.29 is 15.0 Å². The van der Waals surface area contributed by atoms with Crippen LogP contribution in [0.15, 0.2) is 35.5 Å². The Morgan fingerprint density at radius 3 is 2.85 bits per heavy atom. The van der Waals surface area contributed by atoms with Gasteiger partial charge in [0.15, 0.2) is 5.78 Å². The molecular formula is C23H32O3. The number of aliphatic hydroxyl groups excluding tert-OH is 1. The van der Waals surface area contributed by atoms with Crippen molar-refractivity contribution in [1.82, 2.24) is 0 Å². The summed E-state index contributed by atoms with van der Waals surface area (Å²) in [5, 5.41) is 20.8. The zero-order chi connectivity index (χ0) is 18.5. The number of fused-ring (bicyclic) bond motifs is 4. The summed E-state index contributed by atoms with van der Waals surface area (Å²) in [6, 6.07) is 0. The van der Waals surface area contributed by atoms with Crippen molar-refractivity contribution in [3.05, 3.63) is 35.5 Å². The molecule has 0 unspecified atom stereocenters. The minimum absolute atomic E-state index is 0.110. The van der Waals surface area contributed by atoms with E-state index in [1.54, 1.807) is 5.57 Å². The lowest BCUT2D eigenvalue weighted by Crippen LogP contribution is -2.51. The van der Waals surface area contributed by atoms with Gasteiger partial charge in [-0.1, -0.05) is 18.6 Å². The molecule has 142 valence electrons. The van der Waals surface area contributed by atoms with Gasteiger partial charge < -0.3 is 10.2 Å². The second-order valence-corrected chi connectivity index (χ2v) is 9.18. The van der Waals surface area contributed by atoms with Gasteiger partial charge in [0.2, 0.25) is 0 Å². The molecule has 4 rings (SSSR count). The van der Waals surface area contributed by atoms with E-state index < -0.39 is 5.60 Å². The maximum absolute atomic E-state index is 11.9. The van der Waals surface area contributed by atoms with E-state index in [1.807, 2.05) is 6.08 Å². The lowest BCUT2D eigenvalue weighted by molar-refractivity contribution is -0.114. The Kier molecular flexibility index (Phi) is 4.51. The van der Waals surface area contributed by atoms with Gasteiger partial charge in [-0.25, -0.2) is 0 Å². The number of ketones is 1. The number of rotatable bonds is 4. The van der Waals surface area contributed by atoms with Crippen LogP contribution in [0.2, 0.25) is 0 Å². The lowest BCUT2D eigenvalue weighted by Gasteiger charge is -2.54. The molecular weight excluding hydrogens is 324 g/mol. The lowest BCUT2D eigenvalue weighted by atomic mass is 9.51. The quantitative estimate of drug-likeness (QED) is 0.745. The van der Waals surface area contributed by atoms with E-state index in [9.17, 15) is 15.0 Å². The Balaban J connectivity index is 1.75. The first-order valence-corrected chi connectivity index (χ1v) is 10.4. The molecule has 0 aromatic rings. The minimum Gasteiger partial charge on any atom is -0.396 e. The third-order valence-electron chi connectivity index (χ3n) is 8.13. The van der Waals surface area contributed by atoms with E-state index in [0.29, 0.717) is 37.0 Å². The number of aliphatic hydroxyl groups is 2. The molecule has 2 saturated carbocycles. The maximum Gasteiger partial charge on any atom is 0.156 e. The molecule has 2 fully saturated rings. The first-order chi connectivity index (χ1) is 12.4. The fourth-order valence-electron chi connectivity index (χ4n) is 6.81. The SMILES string of the molecule is C=C[C@H]1C[C@@]2(C)[C@@H](CC[C@@]2(O)CCCO)[C@@H]2CCC3=CC(=O)CCC3=C21. The van der Waals surface area contributed by atoms with Crippen LogP contribution < -0.4 is 0 Å². The van der Waals surface area contributed by atoms with Crippen LogP contribution in [0.25, 0.3) is 0 Å². The largest absolute Gasteiger partial charge is 0.396 e. The fraction of sp³-hybridized carbons (Fsp3) is 0.696. The molecule has 26 heavy (non-hydrogen) atoms. The van der Waals surface area contributed by atoms with Crippen LogP contribution in [0.3, 0.4) is 0 Å². The standard InChI is InChI=1S/C23H32O3/c1-3-15-14-22(2)20(9-11-23(22,26)10-4-12-24)19-7-5-16-13-17(25)6-8-18(16)21(15)19/h3,13,15,19-20,24,26H,1,4-12,14H2,2H3/t15-,19-,20-,22-,23-/m0/s1. The highest BCUT2D eigenvalue weighted by atomic mass is 16.3. The molecule has 0 spiro atoms. The van der Waals surface area contributed by atoms with Gasteiger partial charge in [-0.2, -0.15) is 0 Å². The average Bonchev–Trinajstić information content (AvgIpc) is 2.90. The Hall–Kier alpha value is -1.19. The molecule has 2 N–H and O–H groups in total.